The molecular formula is C13H27N3O. The SMILES string of the molecule is CNC(=O)CCCNCC1(C)CCN(C)CC1. The van der Waals surface area contributed by atoms with Crippen molar-refractivity contribution in [3.05, 3.63) is 0 Å². The number of likely N-dealkylation sites (tertiary alicyclic amines) is 1. The van der Waals surface area contributed by atoms with E-state index in [0.717, 1.165) is 19.5 Å². The first-order chi connectivity index (χ1) is 8.06. The fourth-order valence-electron chi connectivity index (χ4n) is 2.22. The summed E-state index contributed by atoms with van der Waals surface area (Å²) in [6, 6.07) is 0. The van der Waals surface area contributed by atoms with Crippen LogP contribution in [0.1, 0.15) is 32.6 Å². The molecule has 0 unspecified atom stereocenters. The Balaban J connectivity index is 2.07. The van der Waals surface area contributed by atoms with E-state index in [4.69, 9.17) is 0 Å². The van der Waals surface area contributed by atoms with E-state index < -0.39 is 0 Å². The fraction of sp³-hybridized carbons (Fsp3) is 0.923. The van der Waals surface area contributed by atoms with Gasteiger partial charge in [0.1, 0.15) is 0 Å². The third-order valence-electron chi connectivity index (χ3n) is 3.78. The quantitative estimate of drug-likeness (QED) is 0.677. The molecule has 0 aromatic rings. The van der Waals surface area contributed by atoms with E-state index in [0.29, 0.717) is 11.8 Å². The van der Waals surface area contributed by atoms with Crippen LogP contribution < -0.4 is 10.6 Å². The molecule has 2 N–H and O–H groups in total. The van der Waals surface area contributed by atoms with E-state index in [1.54, 1.807) is 7.05 Å². The third-order valence-corrected chi connectivity index (χ3v) is 3.78. The summed E-state index contributed by atoms with van der Waals surface area (Å²) in [5, 5.41) is 6.14. The van der Waals surface area contributed by atoms with E-state index in [2.05, 4.69) is 29.5 Å². The van der Waals surface area contributed by atoms with E-state index in [9.17, 15) is 4.79 Å². The lowest BCUT2D eigenvalue weighted by Gasteiger charge is -2.38. The monoisotopic (exact) mass is 241 g/mol. The van der Waals surface area contributed by atoms with E-state index >= 15 is 0 Å². The number of hydrogen-bond donors (Lipinski definition) is 2. The van der Waals surface area contributed by atoms with Crippen LogP contribution in [0, 0.1) is 5.41 Å². The van der Waals surface area contributed by atoms with E-state index in [-0.39, 0.29) is 5.91 Å². The molecule has 1 aliphatic heterocycles. The van der Waals surface area contributed by atoms with E-state index in [1.807, 2.05) is 0 Å². The first kappa shape index (κ1) is 14.5. The van der Waals surface area contributed by atoms with Crippen LogP contribution in [0.4, 0.5) is 0 Å². The molecule has 0 saturated carbocycles. The number of rotatable bonds is 6. The molecule has 4 heteroatoms. The molecule has 17 heavy (non-hydrogen) atoms. The molecule has 0 spiro atoms. The molecule has 4 nitrogen and oxygen atoms in total. The predicted molar refractivity (Wildman–Crippen MR) is 71.0 cm³/mol. The average molecular weight is 241 g/mol. The molecule has 0 bridgehead atoms. The standard InChI is InChI=1S/C13H27N3O/c1-13(6-9-16(3)10-7-13)11-15-8-4-5-12(17)14-2/h15H,4-11H2,1-3H3,(H,14,17). The van der Waals surface area contributed by atoms with Gasteiger partial charge in [0.25, 0.3) is 0 Å². The number of amides is 1. The van der Waals surface area contributed by atoms with Crippen LogP contribution in [0.15, 0.2) is 0 Å². The minimum atomic E-state index is 0.136. The van der Waals surface area contributed by atoms with Gasteiger partial charge in [0.2, 0.25) is 5.91 Å². The third kappa shape index (κ3) is 5.50. The average Bonchev–Trinajstić information content (AvgIpc) is 2.32. The minimum absolute atomic E-state index is 0.136. The Morgan fingerprint density at radius 3 is 2.59 bits per heavy atom. The molecular weight excluding hydrogens is 214 g/mol. The number of carbonyl (C=O) groups excluding carboxylic acids is 1. The molecule has 1 aliphatic rings. The summed E-state index contributed by atoms with van der Waals surface area (Å²) < 4.78 is 0. The van der Waals surface area contributed by atoms with Gasteiger partial charge in [0.15, 0.2) is 0 Å². The molecule has 100 valence electrons. The maximum absolute atomic E-state index is 11.0. The van der Waals surface area contributed by atoms with Gasteiger partial charge >= 0.3 is 0 Å². The van der Waals surface area contributed by atoms with E-state index in [1.165, 1.54) is 25.9 Å². The Kier molecular flexibility index (Phi) is 5.92. The van der Waals surface area contributed by atoms with Gasteiger partial charge in [-0.1, -0.05) is 6.92 Å². The summed E-state index contributed by atoms with van der Waals surface area (Å²) in [6.07, 6.45) is 4.09. The summed E-state index contributed by atoms with van der Waals surface area (Å²) in [7, 11) is 3.88. The summed E-state index contributed by atoms with van der Waals surface area (Å²) in [6.45, 7) is 6.80. The van der Waals surface area contributed by atoms with Crippen LogP contribution in [-0.4, -0.2) is 51.1 Å². The highest BCUT2D eigenvalue weighted by Gasteiger charge is 2.27. The van der Waals surface area contributed by atoms with Gasteiger partial charge in [-0.3, -0.25) is 4.79 Å². The molecule has 0 aliphatic carbocycles. The zero-order chi connectivity index (χ0) is 12.7. The summed E-state index contributed by atoms with van der Waals surface area (Å²) >= 11 is 0. The molecule has 0 aromatic heterocycles. The highest BCUT2D eigenvalue weighted by Crippen LogP contribution is 2.29. The molecule has 1 amide bonds. The van der Waals surface area contributed by atoms with Crippen LogP contribution in [0.3, 0.4) is 0 Å². The Bertz CT molecular complexity index is 235. The van der Waals surface area contributed by atoms with Crippen LogP contribution >= 0.6 is 0 Å². The van der Waals surface area contributed by atoms with Gasteiger partial charge < -0.3 is 15.5 Å². The predicted octanol–water partition coefficient (Wildman–Crippen LogP) is 0.834. The largest absolute Gasteiger partial charge is 0.359 e. The maximum Gasteiger partial charge on any atom is 0.219 e. The van der Waals surface area contributed by atoms with Crippen LogP contribution in [0.5, 0.6) is 0 Å². The second-order valence-electron chi connectivity index (χ2n) is 5.57. The molecule has 1 saturated heterocycles. The van der Waals surface area contributed by atoms with Gasteiger partial charge in [-0.2, -0.15) is 0 Å². The van der Waals surface area contributed by atoms with Crippen molar-refractivity contribution < 1.29 is 4.79 Å². The summed E-state index contributed by atoms with van der Waals surface area (Å²) in [4.78, 5) is 13.4. The summed E-state index contributed by atoms with van der Waals surface area (Å²) in [5.41, 5.74) is 0.444. The Labute approximate surface area is 105 Å². The second-order valence-corrected chi connectivity index (χ2v) is 5.57. The molecule has 1 fully saturated rings. The number of nitrogens with one attached hydrogen (secondary N) is 2. The van der Waals surface area contributed by atoms with Gasteiger partial charge in [0, 0.05) is 20.0 Å². The molecule has 0 atom stereocenters. The minimum Gasteiger partial charge on any atom is -0.359 e. The van der Waals surface area contributed by atoms with Crippen LogP contribution in [-0.2, 0) is 4.79 Å². The van der Waals surface area contributed by atoms with Crippen molar-refractivity contribution in [3.63, 3.8) is 0 Å². The topological polar surface area (TPSA) is 44.4 Å². The van der Waals surface area contributed by atoms with Crippen molar-refractivity contribution in [2.45, 2.75) is 32.6 Å². The molecule has 0 radical (unpaired) electrons. The number of nitrogens with zero attached hydrogens (tertiary/aromatic N) is 1. The van der Waals surface area contributed by atoms with Gasteiger partial charge in [0.05, 0.1) is 0 Å². The molecule has 1 heterocycles. The van der Waals surface area contributed by atoms with Crippen molar-refractivity contribution in [1.82, 2.24) is 15.5 Å². The number of piperidine rings is 1. The van der Waals surface area contributed by atoms with Gasteiger partial charge in [-0.15, -0.1) is 0 Å². The van der Waals surface area contributed by atoms with Crippen molar-refractivity contribution in [3.8, 4) is 0 Å². The van der Waals surface area contributed by atoms with Crippen molar-refractivity contribution in [2.24, 2.45) is 5.41 Å². The smallest absolute Gasteiger partial charge is 0.219 e. The van der Waals surface area contributed by atoms with Crippen LogP contribution in [0.25, 0.3) is 0 Å². The highest BCUT2D eigenvalue weighted by atomic mass is 16.1. The Hall–Kier alpha value is -0.610. The molecule has 1 rings (SSSR count). The van der Waals surface area contributed by atoms with Crippen molar-refractivity contribution in [1.29, 1.82) is 0 Å². The lowest BCUT2D eigenvalue weighted by atomic mass is 9.80. The van der Waals surface area contributed by atoms with Gasteiger partial charge in [-0.25, -0.2) is 0 Å². The van der Waals surface area contributed by atoms with Gasteiger partial charge in [-0.05, 0) is 51.4 Å². The Morgan fingerprint density at radius 2 is 2.00 bits per heavy atom. The zero-order valence-electron chi connectivity index (χ0n) is 11.5. The second kappa shape index (κ2) is 6.97. The number of carbonyl (C=O) groups is 1. The first-order valence-electron chi connectivity index (χ1n) is 6.66. The summed E-state index contributed by atoms with van der Waals surface area (Å²) in [5.74, 6) is 0.136. The van der Waals surface area contributed by atoms with Crippen molar-refractivity contribution in [2.75, 3.05) is 40.3 Å². The normalized spacial score (nSPS) is 20.2. The highest BCUT2D eigenvalue weighted by molar-refractivity contribution is 5.75. The fourth-order valence-corrected chi connectivity index (χ4v) is 2.22. The first-order valence-corrected chi connectivity index (χ1v) is 6.66. The zero-order valence-corrected chi connectivity index (χ0v) is 11.5. The molecule has 0 aromatic carbocycles. The lowest BCUT2D eigenvalue weighted by Crippen LogP contribution is -2.42. The van der Waals surface area contributed by atoms with Crippen LogP contribution in [0.2, 0.25) is 0 Å². The number of hydrogen-bond acceptors (Lipinski definition) is 3. The van der Waals surface area contributed by atoms with Crippen molar-refractivity contribution >= 4 is 5.91 Å². The maximum atomic E-state index is 11.0. The Morgan fingerprint density at radius 1 is 1.35 bits per heavy atom. The lowest BCUT2D eigenvalue weighted by molar-refractivity contribution is -0.120.